The van der Waals surface area contributed by atoms with Crippen molar-refractivity contribution in [1.82, 2.24) is 15.2 Å². The molecular formula is C22H20N4O. The summed E-state index contributed by atoms with van der Waals surface area (Å²) in [5.74, 6) is 0.158. The predicted molar refractivity (Wildman–Crippen MR) is 106 cm³/mol. The highest BCUT2D eigenvalue weighted by Gasteiger charge is 2.25. The molecule has 0 saturated carbocycles. The van der Waals surface area contributed by atoms with Crippen LogP contribution in [0.1, 0.15) is 34.4 Å². The van der Waals surface area contributed by atoms with Gasteiger partial charge >= 0.3 is 0 Å². The first-order chi connectivity index (χ1) is 13.2. The summed E-state index contributed by atoms with van der Waals surface area (Å²) in [6, 6.07) is 6.31. The maximum Gasteiger partial charge on any atom is 0.167 e. The van der Waals surface area contributed by atoms with E-state index in [2.05, 4.69) is 45.6 Å². The van der Waals surface area contributed by atoms with Gasteiger partial charge in [0.05, 0.1) is 17.6 Å². The molecule has 5 rings (SSSR count). The third-order valence-corrected chi connectivity index (χ3v) is 5.50. The second-order valence-corrected chi connectivity index (χ2v) is 7.21. The summed E-state index contributed by atoms with van der Waals surface area (Å²) in [4.78, 5) is 17.2. The number of H-pyrrole nitrogens is 1. The average molecular weight is 356 g/mol. The first-order valence-corrected chi connectivity index (χ1v) is 9.30. The molecular weight excluding hydrogens is 336 g/mol. The van der Waals surface area contributed by atoms with Gasteiger partial charge in [-0.05, 0) is 54.2 Å². The quantitative estimate of drug-likeness (QED) is 0.685. The van der Waals surface area contributed by atoms with Crippen molar-refractivity contribution < 1.29 is 4.79 Å². The van der Waals surface area contributed by atoms with Gasteiger partial charge in [-0.1, -0.05) is 12.1 Å². The van der Waals surface area contributed by atoms with E-state index in [0.717, 1.165) is 58.5 Å². The molecule has 27 heavy (non-hydrogen) atoms. The summed E-state index contributed by atoms with van der Waals surface area (Å²) in [6.45, 7) is 3.14. The van der Waals surface area contributed by atoms with Crippen molar-refractivity contribution in [3.8, 4) is 11.1 Å². The molecule has 0 bridgehead atoms. The van der Waals surface area contributed by atoms with Crippen LogP contribution in [-0.4, -0.2) is 27.5 Å². The molecule has 134 valence electrons. The number of pyridine rings is 1. The molecule has 0 unspecified atom stereocenters. The van der Waals surface area contributed by atoms with Crippen LogP contribution < -0.4 is 5.32 Å². The second kappa shape index (κ2) is 6.20. The predicted octanol–water partition coefficient (Wildman–Crippen LogP) is 3.80. The van der Waals surface area contributed by atoms with Gasteiger partial charge in [0.2, 0.25) is 0 Å². The molecule has 0 atom stereocenters. The number of hydrogen-bond donors (Lipinski definition) is 2. The number of nitrogens with one attached hydrogen (secondary N) is 2. The zero-order valence-electron chi connectivity index (χ0n) is 15.2. The Labute approximate surface area is 157 Å². The minimum atomic E-state index is 0.158. The highest BCUT2D eigenvalue weighted by molar-refractivity contribution is 6.29. The number of aromatic nitrogens is 3. The number of carbonyl (C=O) groups is 1. The molecule has 2 aromatic heterocycles. The van der Waals surface area contributed by atoms with E-state index >= 15 is 0 Å². The number of Topliss-reactive ketones (excluding diaryl/α,β-unsaturated/α-hetero) is 1. The van der Waals surface area contributed by atoms with Crippen molar-refractivity contribution in [1.29, 1.82) is 0 Å². The lowest BCUT2D eigenvalue weighted by molar-refractivity contribution is -0.112. The number of carbonyl (C=O) groups excluding carboxylic acids is 1. The van der Waals surface area contributed by atoms with E-state index < -0.39 is 0 Å². The van der Waals surface area contributed by atoms with Crippen LogP contribution in [0.2, 0.25) is 0 Å². The Kier molecular flexibility index (Phi) is 3.67. The molecule has 5 nitrogen and oxygen atoms in total. The lowest BCUT2D eigenvalue weighted by atomic mass is 9.94. The fraction of sp³-hybridized carbons (Fsp3) is 0.227. The van der Waals surface area contributed by atoms with Crippen LogP contribution in [0.25, 0.3) is 22.8 Å². The standard InChI is InChI=1S/C22H20N4O/c1-13-19(12-24-20-3-2-6-23-22(13)20)15-4-5-16-9-21(27)18(17(16)8-15)7-14-10-25-26-11-14/h4-5,7-8,10-12,23H,2-3,6,9H2,1H3,(H,25,26)/b18-7-. The summed E-state index contributed by atoms with van der Waals surface area (Å²) < 4.78 is 0. The fourth-order valence-electron chi connectivity index (χ4n) is 4.07. The molecule has 2 aliphatic rings. The molecule has 5 heteroatoms. The van der Waals surface area contributed by atoms with Gasteiger partial charge < -0.3 is 5.32 Å². The van der Waals surface area contributed by atoms with E-state index in [9.17, 15) is 4.79 Å². The molecule has 3 aromatic rings. The minimum absolute atomic E-state index is 0.158. The molecule has 1 aromatic carbocycles. The topological polar surface area (TPSA) is 70.7 Å². The largest absolute Gasteiger partial charge is 0.383 e. The highest BCUT2D eigenvalue weighted by Crippen LogP contribution is 2.37. The Hall–Kier alpha value is -3.21. The van der Waals surface area contributed by atoms with Crippen LogP contribution in [0.15, 0.2) is 36.8 Å². The third-order valence-electron chi connectivity index (χ3n) is 5.50. The smallest absolute Gasteiger partial charge is 0.167 e. The zero-order valence-corrected chi connectivity index (χ0v) is 15.2. The van der Waals surface area contributed by atoms with E-state index in [4.69, 9.17) is 0 Å². The Morgan fingerprint density at radius 2 is 2.11 bits per heavy atom. The van der Waals surface area contributed by atoms with Crippen molar-refractivity contribution in [3.63, 3.8) is 0 Å². The van der Waals surface area contributed by atoms with Gasteiger partial charge in [-0.2, -0.15) is 5.10 Å². The van der Waals surface area contributed by atoms with Crippen molar-refractivity contribution in [2.45, 2.75) is 26.2 Å². The van der Waals surface area contributed by atoms with Crippen LogP contribution in [0.4, 0.5) is 5.69 Å². The SMILES string of the molecule is Cc1c(-c2ccc3c(c2)/C(=C/c2cn[nH]c2)C(=O)C3)cnc2c1NCCC2. The van der Waals surface area contributed by atoms with Gasteiger partial charge in [0.25, 0.3) is 0 Å². The normalized spacial score (nSPS) is 16.9. The van der Waals surface area contributed by atoms with Crippen LogP contribution in [0.5, 0.6) is 0 Å². The summed E-state index contributed by atoms with van der Waals surface area (Å²) in [5.41, 5.74) is 9.54. The molecule has 0 radical (unpaired) electrons. The monoisotopic (exact) mass is 356 g/mol. The number of rotatable bonds is 2. The maximum atomic E-state index is 12.5. The van der Waals surface area contributed by atoms with Gasteiger partial charge in [0.1, 0.15) is 0 Å². The first kappa shape index (κ1) is 16.0. The maximum absolute atomic E-state index is 12.5. The van der Waals surface area contributed by atoms with Crippen LogP contribution in [0.3, 0.4) is 0 Å². The fourth-order valence-corrected chi connectivity index (χ4v) is 4.07. The molecule has 1 aliphatic carbocycles. The number of ketones is 1. The van der Waals surface area contributed by atoms with Gasteiger partial charge in [-0.25, -0.2) is 0 Å². The lowest BCUT2D eigenvalue weighted by Crippen LogP contribution is -2.14. The molecule has 0 saturated heterocycles. The highest BCUT2D eigenvalue weighted by atomic mass is 16.1. The Balaban J connectivity index is 1.61. The van der Waals surface area contributed by atoms with Crippen molar-refractivity contribution in [2.75, 3.05) is 11.9 Å². The molecule has 2 N–H and O–H groups in total. The minimum Gasteiger partial charge on any atom is -0.383 e. The zero-order chi connectivity index (χ0) is 18.4. The van der Waals surface area contributed by atoms with Crippen LogP contribution >= 0.6 is 0 Å². The first-order valence-electron chi connectivity index (χ1n) is 9.30. The van der Waals surface area contributed by atoms with Crippen molar-refractivity contribution in [3.05, 3.63) is 64.7 Å². The van der Waals surface area contributed by atoms with E-state index in [1.54, 1.807) is 12.4 Å². The van der Waals surface area contributed by atoms with E-state index in [1.165, 1.54) is 11.3 Å². The molecule has 0 amide bonds. The van der Waals surface area contributed by atoms with Gasteiger partial charge in [0.15, 0.2) is 5.78 Å². The summed E-state index contributed by atoms with van der Waals surface area (Å²) in [6.07, 6.45) is 10.0. The Morgan fingerprint density at radius 1 is 1.19 bits per heavy atom. The van der Waals surface area contributed by atoms with E-state index in [-0.39, 0.29) is 5.78 Å². The lowest BCUT2D eigenvalue weighted by Gasteiger charge is -2.21. The summed E-state index contributed by atoms with van der Waals surface area (Å²) >= 11 is 0. The van der Waals surface area contributed by atoms with E-state index in [0.29, 0.717) is 6.42 Å². The van der Waals surface area contributed by atoms with Gasteiger partial charge in [-0.15, -0.1) is 0 Å². The summed E-state index contributed by atoms with van der Waals surface area (Å²) in [5, 5.41) is 10.3. The number of aryl methyl sites for hydroxylation is 1. The van der Waals surface area contributed by atoms with Crippen molar-refractivity contribution >= 4 is 23.1 Å². The number of allylic oxidation sites excluding steroid dienone is 1. The Morgan fingerprint density at radius 3 is 2.96 bits per heavy atom. The van der Waals surface area contributed by atoms with Gasteiger partial charge in [0, 0.05) is 42.1 Å². The Bertz CT molecular complexity index is 1080. The third kappa shape index (κ3) is 2.67. The number of nitrogens with zero attached hydrogens (tertiary/aromatic N) is 2. The number of fused-ring (bicyclic) bond motifs is 2. The number of anilines is 1. The number of benzene rings is 1. The summed E-state index contributed by atoms with van der Waals surface area (Å²) in [7, 11) is 0. The molecule has 3 heterocycles. The second-order valence-electron chi connectivity index (χ2n) is 7.21. The van der Waals surface area contributed by atoms with Crippen molar-refractivity contribution in [2.24, 2.45) is 0 Å². The average Bonchev–Trinajstić information content (AvgIpc) is 3.31. The van der Waals surface area contributed by atoms with Gasteiger partial charge in [-0.3, -0.25) is 14.9 Å². The molecule has 0 spiro atoms. The van der Waals surface area contributed by atoms with Crippen LogP contribution in [0, 0.1) is 6.92 Å². The molecule has 1 aliphatic heterocycles. The number of aromatic amines is 1. The van der Waals surface area contributed by atoms with E-state index in [1.807, 2.05) is 12.3 Å². The molecule has 0 fully saturated rings. The number of hydrogen-bond acceptors (Lipinski definition) is 4. The van der Waals surface area contributed by atoms with Crippen LogP contribution in [-0.2, 0) is 17.6 Å².